The number of nitrogens with zero attached hydrogens (tertiary/aromatic N) is 6. The van der Waals surface area contributed by atoms with Crippen LogP contribution in [0.25, 0.3) is 22.0 Å². The van der Waals surface area contributed by atoms with Gasteiger partial charge in [-0.15, -0.1) is 0 Å². The van der Waals surface area contributed by atoms with Gasteiger partial charge in [-0.25, -0.2) is 13.6 Å². The topological polar surface area (TPSA) is 77.3 Å². The molecule has 1 unspecified atom stereocenters. The Bertz CT molecular complexity index is 1610. The van der Waals surface area contributed by atoms with Crippen molar-refractivity contribution in [2.24, 2.45) is 0 Å². The number of aliphatic hydroxyl groups is 1. The fraction of sp³-hybridized carbons (Fsp3) is 0.484. The number of rotatable bonds is 6. The SMILES string of the molecule is C=CC(O)N1C[C@H](C)N(c2nc(=O)n3c4c(c(-c5ccc(F)cc5F)c(Cl)cc24)OC[C@H]3CN2CCN(C)CC2)C[C@H]1C. The highest BCUT2D eigenvalue weighted by atomic mass is 35.5. The summed E-state index contributed by atoms with van der Waals surface area (Å²) in [6.45, 7) is 13.1. The van der Waals surface area contributed by atoms with E-state index in [9.17, 15) is 14.3 Å². The average Bonchev–Trinajstić information content (AvgIpc) is 2.97. The lowest BCUT2D eigenvalue weighted by atomic mass is 9.99. The van der Waals surface area contributed by atoms with Crippen molar-refractivity contribution in [2.75, 3.05) is 64.4 Å². The highest BCUT2D eigenvalue weighted by Crippen LogP contribution is 2.47. The second kappa shape index (κ2) is 11.8. The molecular weight excluding hydrogens is 578 g/mol. The molecule has 3 aromatic rings. The van der Waals surface area contributed by atoms with E-state index in [2.05, 4.69) is 33.3 Å². The van der Waals surface area contributed by atoms with Gasteiger partial charge in [0.15, 0.2) is 5.75 Å². The van der Waals surface area contributed by atoms with Crippen molar-refractivity contribution in [3.63, 3.8) is 0 Å². The molecule has 0 aliphatic carbocycles. The Morgan fingerprint density at radius 3 is 2.60 bits per heavy atom. The number of aliphatic hydroxyl groups excluding tert-OH is 1. The quantitative estimate of drug-likeness (QED) is 0.423. The summed E-state index contributed by atoms with van der Waals surface area (Å²) in [6, 6.07) is 4.53. The molecule has 0 radical (unpaired) electrons. The Labute approximate surface area is 254 Å². The standard InChI is InChI=1S/C31H37ClF2N6O3/c1-5-26(41)38-14-19(3)39(15-18(38)2)30-23-13-24(32)27(22-7-6-20(33)12-25(22)34)29-28(23)40(31(42)35-30)21(17-43-29)16-37-10-8-36(4)9-11-37/h5-7,12-13,18-19,21,26,41H,1,8-11,14-17H2,2-4H3/t18-,19+,21-,26?/m1/s1. The van der Waals surface area contributed by atoms with Crippen molar-refractivity contribution in [1.29, 1.82) is 0 Å². The van der Waals surface area contributed by atoms with Crippen LogP contribution in [0.1, 0.15) is 19.9 Å². The number of ether oxygens (including phenoxy) is 1. The van der Waals surface area contributed by atoms with Crippen LogP contribution in [-0.4, -0.2) is 107 Å². The first-order chi connectivity index (χ1) is 20.6. The summed E-state index contributed by atoms with van der Waals surface area (Å²) in [5.41, 5.74) is 0.437. The average molecular weight is 615 g/mol. The molecule has 0 bridgehead atoms. The highest BCUT2D eigenvalue weighted by Gasteiger charge is 2.37. The number of aromatic nitrogens is 2. The molecule has 1 aromatic heterocycles. The molecule has 2 saturated heterocycles. The number of halogens is 3. The van der Waals surface area contributed by atoms with Crippen molar-refractivity contribution in [3.8, 4) is 16.9 Å². The molecule has 1 N–H and O–H groups in total. The van der Waals surface area contributed by atoms with Crippen LogP contribution >= 0.6 is 11.6 Å². The number of hydrogen-bond acceptors (Lipinski definition) is 8. The molecule has 3 aliphatic rings. The largest absolute Gasteiger partial charge is 0.488 e. The summed E-state index contributed by atoms with van der Waals surface area (Å²) < 4.78 is 37.1. The van der Waals surface area contributed by atoms with E-state index < -0.39 is 23.6 Å². The molecule has 3 aliphatic heterocycles. The number of likely N-dealkylation sites (N-methyl/N-ethyl adjacent to an activating group) is 1. The third-order valence-electron chi connectivity index (χ3n) is 9.00. The van der Waals surface area contributed by atoms with E-state index in [-0.39, 0.29) is 46.6 Å². The van der Waals surface area contributed by atoms with Gasteiger partial charge in [-0.05, 0) is 45.2 Å². The first-order valence-corrected chi connectivity index (χ1v) is 15.1. The number of benzene rings is 2. The smallest absolute Gasteiger partial charge is 0.350 e. The summed E-state index contributed by atoms with van der Waals surface area (Å²) in [7, 11) is 2.09. The zero-order valence-electron chi connectivity index (χ0n) is 24.6. The maximum absolute atomic E-state index is 15.2. The zero-order chi connectivity index (χ0) is 30.6. The van der Waals surface area contributed by atoms with Crippen LogP contribution in [0.4, 0.5) is 14.6 Å². The van der Waals surface area contributed by atoms with Gasteiger partial charge in [-0.3, -0.25) is 14.4 Å². The Kier molecular flexibility index (Phi) is 8.20. The van der Waals surface area contributed by atoms with Crippen LogP contribution in [-0.2, 0) is 0 Å². The lowest BCUT2D eigenvalue weighted by Gasteiger charge is -2.46. The summed E-state index contributed by atoms with van der Waals surface area (Å²) in [5, 5.41) is 11.3. The van der Waals surface area contributed by atoms with E-state index in [0.29, 0.717) is 36.4 Å². The normalized spacial score (nSPS) is 24.3. The van der Waals surface area contributed by atoms with Gasteiger partial charge in [0.1, 0.15) is 30.3 Å². The number of anilines is 1. The molecule has 12 heteroatoms. The third-order valence-corrected chi connectivity index (χ3v) is 9.30. The lowest BCUT2D eigenvalue weighted by Crippen LogP contribution is -2.59. The van der Waals surface area contributed by atoms with Crippen LogP contribution in [0.2, 0.25) is 5.02 Å². The molecule has 230 valence electrons. The summed E-state index contributed by atoms with van der Waals surface area (Å²) in [6.07, 6.45) is 0.709. The predicted molar refractivity (Wildman–Crippen MR) is 164 cm³/mol. The first kappa shape index (κ1) is 30.0. The van der Waals surface area contributed by atoms with E-state index >= 15 is 4.39 Å². The maximum Gasteiger partial charge on any atom is 0.350 e. The van der Waals surface area contributed by atoms with Crippen molar-refractivity contribution < 1.29 is 18.6 Å². The van der Waals surface area contributed by atoms with E-state index in [0.717, 1.165) is 32.2 Å². The molecule has 4 atom stereocenters. The monoisotopic (exact) mass is 614 g/mol. The Morgan fingerprint density at radius 2 is 1.91 bits per heavy atom. The van der Waals surface area contributed by atoms with Gasteiger partial charge >= 0.3 is 5.69 Å². The Balaban J connectivity index is 1.52. The second-order valence-corrected chi connectivity index (χ2v) is 12.3. The highest BCUT2D eigenvalue weighted by molar-refractivity contribution is 6.35. The molecule has 9 nitrogen and oxygen atoms in total. The number of piperazine rings is 2. The van der Waals surface area contributed by atoms with Crippen molar-refractivity contribution in [3.05, 3.63) is 64.1 Å². The Hall–Kier alpha value is -3.09. The van der Waals surface area contributed by atoms with Gasteiger partial charge in [-0.1, -0.05) is 18.2 Å². The fourth-order valence-corrected chi connectivity index (χ4v) is 6.93. The van der Waals surface area contributed by atoms with Gasteiger partial charge in [0.25, 0.3) is 0 Å². The second-order valence-electron chi connectivity index (χ2n) is 11.9. The van der Waals surface area contributed by atoms with E-state index in [1.54, 1.807) is 10.6 Å². The fourth-order valence-electron chi connectivity index (χ4n) is 6.64. The van der Waals surface area contributed by atoms with Crippen molar-refractivity contribution in [1.82, 2.24) is 24.3 Å². The van der Waals surface area contributed by atoms with Crippen LogP contribution in [0.5, 0.6) is 5.75 Å². The van der Waals surface area contributed by atoms with Crippen LogP contribution in [0, 0.1) is 11.6 Å². The van der Waals surface area contributed by atoms with Crippen LogP contribution < -0.4 is 15.3 Å². The minimum atomic E-state index is -0.791. The molecule has 43 heavy (non-hydrogen) atoms. The molecule has 6 rings (SSSR count). The molecule has 4 heterocycles. The van der Waals surface area contributed by atoms with Gasteiger partial charge in [0, 0.05) is 80.5 Å². The maximum atomic E-state index is 15.2. The number of hydrogen-bond donors (Lipinski definition) is 1. The minimum absolute atomic E-state index is 0.0693. The van der Waals surface area contributed by atoms with Crippen molar-refractivity contribution in [2.45, 2.75) is 38.2 Å². The third kappa shape index (κ3) is 5.42. The Morgan fingerprint density at radius 1 is 1.16 bits per heavy atom. The summed E-state index contributed by atoms with van der Waals surface area (Å²) in [4.78, 5) is 27.2. The summed E-state index contributed by atoms with van der Waals surface area (Å²) in [5.74, 6) is -0.735. The molecule has 2 aromatic carbocycles. The molecular formula is C31H37ClF2N6O3. The van der Waals surface area contributed by atoms with Gasteiger partial charge < -0.3 is 19.6 Å². The predicted octanol–water partition coefficient (Wildman–Crippen LogP) is 3.58. The van der Waals surface area contributed by atoms with Crippen molar-refractivity contribution >= 4 is 28.3 Å². The van der Waals surface area contributed by atoms with E-state index in [4.69, 9.17) is 16.3 Å². The molecule has 0 amide bonds. The van der Waals surface area contributed by atoms with Crippen LogP contribution in [0.15, 0.2) is 41.7 Å². The van der Waals surface area contributed by atoms with E-state index in [1.165, 1.54) is 18.2 Å². The zero-order valence-corrected chi connectivity index (χ0v) is 25.4. The lowest BCUT2D eigenvalue weighted by molar-refractivity contribution is 0.0000426. The summed E-state index contributed by atoms with van der Waals surface area (Å²) >= 11 is 6.88. The van der Waals surface area contributed by atoms with E-state index in [1.807, 2.05) is 18.7 Å². The molecule has 0 spiro atoms. The van der Waals surface area contributed by atoms with Gasteiger partial charge in [-0.2, -0.15) is 4.98 Å². The molecule has 0 saturated carbocycles. The van der Waals surface area contributed by atoms with Gasteiger partial charge in [0.2, 0.25) is 0 Å². The van der Waals surface area contributed by atoms with Crippen LogP contribution in [0.3, 0.4) is 0 Å². The molecule has 2 fully saturated rings. The minimum Gasteiger partial charge on any atom is -0.488 e. The van der Waals surface area contributed by atoms with Gasteiger partial charge in [0.05, 0.1) is 16.6 Å². The first-order valence-electron chi connectivity index (χ1n) is 14.7.